The molecule has 0 heterocycles. The van der Waals surface area contributed by atoms with Crippen LogP contribution in [-0.4, -0.2) is 0 Å². The van der Waals surface area contributed by atoms with Crippen molar-refractivity contribution >= 4 is 0 Å². The van der Waals surface area contributed by atoms with E-state index in [1.807, 2.05) is 0 Å². The molecule has 36 valence electrons. The predicted molar refractivity (Wildman–Crippen MR) is 27.8 cm³/mol. The zero-order valence-corrected chi connectivity index (χ0v) is 4.22. The van der Waals surface area contributed by atoms with Crippen LogP contribution in [0.25, 0.3) is 0 Å². The minimum atomic E-state index is 0.847. The molecule has 0 aromatic rings. The van der Waals surface area contributed by atoms with Gasteiger partial charge in [-0.1, -0.05) is 12.2 Å². The molecule has 0 N–H and O–H groups in total. The Morgan fingerprint density at radius 3 is 2.71 bits per heavy atom. The average Bonchev–Trinajstić information content (AvgIpc) is 2.41. The van der Waals surface area contributed by atoms with E-state index in [4.69, 9.17) is 0 Å². The van der Waals surface area contributed by atoms with E-state index in [-0.39, 0.29) is 0 Å². The molecule has 3 aliphatic rings. The third-order valence-corrected chi connectivity index (χ3v) is 2.99. The van der Waals surface area contributed by atoms with Crippen LogP contribution in [0.3, 0.4) is 0 Å². The molecule has 0 radical (unpaired) electrons. The summed E-state index contributed by atoms with van der Waals surface area (Å²) >= 11 is 0. The Kier molecular flexibility index (Phi) is 0.216. The number of allylic oxidation sites excluding steroid dienone is 2. The van der Waals surface area contributed by atoms with E-state index < -0.39 is 0 Å². The lowest BCUT2D eigenvalue weighted by Gasteiger charge is -1.93. The maximum absolute atomic E-state index is 2.45. The minimum Gasteiger partial charge on any atom is -0.0876 e. The van der Waals surface area contributed by atoms with Crippen molar-refractivity contribution in [3.8, 4) is 0 Å². The number of hydrogen-bond donors (Lipinski definition) is 0. The summed E-state index contributed by atoms with van der Waals surface area (Å²) in [4.78, 5) is 0. The molecule has 1 spiro atoms. The molecule has 0 bridgehead atoms. The molecule has 3 unspecified atom stereocenters. The first-order valence-corrected chi connectivity index (χ1v) is 3.11. The van der Waals surface area contributed by atoms with Crippen LogP contribution in [0.15, 0.2) is 12.2 Å². The van der Waals surface area contributed by atoms with Crippen molar-refractivity contribution in [3.05, 3.63) is 12.2 Å². The van der Waals surface area contributed by atoms with Crippen molar-refractivity contribution in [2.24, 2.45) is 17.3 Å². The largest absolute Gasteiger partial charge is 0.0876 e. The molecule has 7 heavy (non-hydrogen) atoms. The third-order valence-electron chi connectivity index (χ3n) is 2.99. The van der Waals surface area contributed by atoms with Crippen LogP contribution >= 0.6 is 0 Å². The molecule has 2 saturated carbocycles. The van der Waals surface area contributed by atoms with Gasteiger partial charge in [0.1, 0.15) is 0 Å². The van der Waals surface area contributed by atoms with E-state index in [2.05, 4.69) is 12.2 Å². The molecule has 3 aliphatic carbocycles. The Hall–Kier alpha value is -0.260. The van der Waals surface area contributed by atoms with Gasteiger partial charge in [-0.3, -0.25) is 0 Å². The van der Waals surface area contributed by atoms with Gasteiger partial charge in [-0.15, -0.1) is 0 Å². The number of rotatable bonds is 0. The zero-order chi connectivity index (χ0) is 4.48. The average molecular weight is 92.1 g/mol. The van der Waals surface area contributed by atoms with Crippen molar-refractivity contribution in [1.82, 2.24) is 0 Å². The molecule has 3 rings (SSSR count). The molecule has 0 heteroatoms. The van der Waals surface area contributed by atoms with Crippen LogP contribution in [-0.2, 0) is 0 Å². The summed E-state index contributed by atoms with van der Waals surface area (Å²) in [6.07, 6.45) is 7.75. The van der Waals surface area contributed by atoms with Crippen LogP contribution in [0.4, 0.5) is 0 Å². The van der Waals surface area contributed by atoms with E-state index >= 15 is 0 Å². The second-order valence-corrected chi connectivity index (χ2v) is 3.17. The van der Waals surface area contributed by atoms with Gasteiger partial charge in [0.25, 0.3) is 0 Å². The SMILES string of the molecule is C1=CC23CC2C3C1. The maximum Gasteiger partial charge on any atom is -0.00494 e. The molecule has 0 amide bonds. The molecular weight excluding hydrogens is 84.1 g/mol. The van der Waals surface area contributed by atoms with Gasteiger partial charge in [0, 0.05) is 0 Å². The van der Waals surface area contributed by atoms with Gasteiger partial charge in [-0.2, -0.15) is 0 Å². The Morgan fingerprint density at radius 1 is 1.43 bits per heavy atom. The Balaban J connectivity index is 2.20. The summed E-state index contributed by atoms with van der Waals surface area (Å²) in [6.45, 7) is 0. The standard InChI is InChI=1S/C7H8/c1-2-5-6-4-7(5,6)3-1/h1,3,5-6H,2,4H2. The summed E-state index contributed by atoms with van der Waals surface area (Å²) in [5.41, 5.74) is 0.847. The van der Waals surface area contributed by atoms with Gasteiger partial charge in [0.2, 0.25) is 0 Å². The van der Waals surface area contributed by atoms with E-state index in [9.17, 15) is 0 Å². The maximum atomic E-state index is 2.45. The fourth-order valence-corrected chi connectivity index (χ4v) is 2.22. The van der Waals surface area contributed by atoms with E-state index in [0.717, 1.165) is 11.3 Å². The lowest BCUT2D eigenvalue weighted by molar-refractivity contribution is 0.593. The van der Waals surface area contributed by atoms with E-state index in [0.29, 0.717) is 0 Å². The van der Waals surface area contributed by atoms with Crippen LogP contribution < -0.4 is 0 Å². The van der Waals surface area contributed by atoms with Crippen molar-refractivity contribution < 1.29 is 0 Å². The Morgan fingerprint density at radius 2 is 2.43 bits per heavy atom. The van der Waals surface area contributed by atoms with Crippen molar-refractivity contribution in [1.29, 1.82) is 0 Å². The number of hydrogen-bond acceptors (Lipinski definition) is 0. The quantitative estimate of drug-likeness (QED) is 0.398. The van der Waals surface area contributed by atoms with Gasteiger partial charge in [-0.25, -0.2) is 0 Å². The molecular formula is C7H8. The minimum absolute atomic E-state index is 0.847. The highest BCUT2D eigenvalue weighted by Gasteiger charge is 2.77. The lowest BCUT2D eigenvalue weighted by Crippen LogP contribution is -1.85. The second kappa shape index (κ2) is 0.521. The van der Waals surface area contributed by atoms with Crippen molar-refractivity contribution in [2.45, 2.75) is 12.8 Å². The second-order valence-electron chi connectivity index (χ2n) is 3.17. The monoisotopic (exact) mass is 92.1 g/mol. The molecule has 0 aliphatic heterocycles. The smallest absolute Gasteiger partial charge is 0.00494 e. The van der Waals surface area contributed by atoms with Gasteiger partial charge in [0.05, 0.1) is 0 Å². The Bertz CT molecular complexity index is 157. The summed E-state index contributed by atoms with van der Waals surface area (Å²) in [6, 6.07) is 0. The molecule has 3 atom stereocenters. The van der Waals surface area contributed by atoms with Gasteiger partial charge < -0.3 is 0 Å². The predicted octanol–water partition coefficient (Wildman–Crippen LogP) is 1.58. The molecule has 0 saturated heterocycles. The first kappa shape index (κ1) is 2.91. The summed E-state index contributed by atoms with van der Waals surface area (Å²) in [5.74, 6) is 2.32. The van der Waals surface area contributed by atoms with Crippen LogP contribution in [0.5, 0.6) is 0 Å². The summed E-state index contributed by atoms with van der Waals surface area (Å²) in [7, 11) is 0. The van der Waals surface area contributed by atoms with Crippen LogP contribution in [0.1, 0.15) is 12.8 Å². The van der Waals surface area contributed by atoms with Crippen LogP contribution in [0.2, 0.25) is 0 Å². The topological polar surface area (TPSA) is 0 Å². The number of fused-ring (bicyclic) bond motifs is 1. The first-order chi connectivity index (χ1) is 3.43. The van der Waals surface area contributed by atoms with Crippen molar-refractivity contribution in [2.75, 3.05) is 0 Å². The summed E-state index contributed by atoms with van der Waals surface area (Å²) in [5, 5.41) is 0. The molecule has 0 nitrogen and oxygen atoms in total. The normalized spacial score (nSPS) is 69.7. The van der Waals surface area contributed by atoms with Crippen LogP contribution in [0, 0.1) is 17.3 Å². The van der Waals surface area contributed by atoms with E-state index in [1.165, 1.54) is 18.8 Å². The molecule has 0 aromatic heterocycles. The molecule has 0 aromatic carbocycles. The lowest BCUT2D eigenvalue weighted by atomic mass is 10.1. The van der Waals surface area contributed by atoms with Gasteiger partial charge in [-0.05, 0) is 30.1 Å². The fraction of sp³-hybridized carbons (Fsp3) is 0.714. The third kappa shape index (κ3) is 0.142. The first-order valence-electron chi connectivity index (χ1n) is 3.11. The highest BCUT2D eigenvalue weighted by atomic mass is 14.8. The summed E-state index contributed by atoms with van der Waals surface area (Å²) < 4.78 is 0. The Labute approximate surface area is 43.2 Å². The van der Waals surface area contributed by atoms with E-state index in [1.54, 1.807) is 0 Å². The zero-order valence-electron chi connectivity index (χ0n) is 4.22. The van der Waals surface area contributed by atoms with Crippen molar-refractivity contribution in [3.63, 3.8) is 0 Å². The highest BCUT2D eigenvalue weighted by molar-refractivity contribution is 5.38. The molecule has 2 fully saturated rings. The van der Waals surface area contributed by atoms with Gasteiger partial charge >= 0.3 is 0 Å². The highest BCUT2D eigenvalue weighted by Crippen LogP contribution is 2.84. The van der Waals surface area contributed by atoms with Gasteiger partial charge in [0.15, 0.2) is 0 Å². The fourth-order valence-electron chi connectivity index (χ4n) is 2.22.